The first-order valence-corrected chi connectivity index (χ1v) is 4.87. The zero-order chi connectivity index (χ0) is 10.4. The van der Waals surface area contributed by atoms with Gasteiger partial charge in [0.2, 0.25) is 0 Å². The van der Waals surface area contributed by atoms with Crippen molar-refractivity contribution in [2.24, 2.45) is 5.73 Å². The number of ether oxygens (including phenoxy) is 1. The first-order valence-electron chi connectivity index (χ1n) is 4.87. The molecule has 1 rings (SSSR count). The smallest absolute Gasteiger partial charge is 0.119 e. The maximum absolute atomic E-state index is 8.76. The van der Waals surface area contributed by atoms with E-state index >= 15 is 0 Å². The van der Waals surface area contributed by atoms with E-state index in [1.807, 2.05) is 31.2 Å². The summed E-state index contributed by atoms with van der Waals surface area (Å²) < 4.78 is 5.36. The molecule has 1 aromatic rings. The van der Waals surface area contributed by atoms with Crippen molar-refractivity contribution in [1.82, 2.24) is 0 Å². The number of aliphatic hydroxyl groups excluding tert-OH is 1. The van der Waals surface area contributed by atoms with Crippen molar-refractivity contribution in [3.8, 4) is 5.75 Å². The van der Waals surface area contributed by atoms with Gasteiger partial charge in [-0.05, 0) is 31.0 Å². The Kier molecular flexibility index (Phi) is 7.13. The number of hydrogen-bond acceptors (Lipinski definition) is 3. The highest BCUT2D eigenvalue weighted by molar-refractivity contribution is 5.85. The van der Waals surface area contributed by atoms with Crippen LogP contribution in [0.2, 0.25) is 0 Å². The van der Waals surface area contributed by atoms with E-state index in [1.54, 1.807) is 0 Å². The topological polar surface area (TPSA) is 55.5 Å². The number of nitrogens with two attached hydrogens (primary N) is 1. The predicted molar refractivity (Wildman–Crippen MR) is 63.5 cm³/mol. The second-order valence-corrected chi connectivity index (χ2v) is 3.12. The number of rotatable bonds is 5. The van der Waals surface area contributed by atoms with Crippen LogP contribution in [-0.2, 0) is 0 Å². The van der Waals surface area contributed by atoms with Gasteiger partial charge in [0, 0.05) is 12.6 Å². The van der Waals surface area contributed by atoms with Gasteiger partial charge in [0.15, 0.2) is 0 Å². The van der Waals surface area contributed by atoms with Crippen LogP contribution in [0.1, 0.15) is 24.9 Å². The van der Waals surface area contributed by atoms with E-state index < -0.39 is 0 Å². The molecule has 0 saturated heterocycles. The lowest BCUT2D eigenvalue weighted by Crippen LogP contribution is -2.11. The molecule has 15 heavy (non-hydrogen) atoms. The van der Waals surface area contributed by atoms with Crippen molar-refractivity contribution in [2.45, 2.75) is 19.4 Å². The van der Waals surface area contributed by atoms with Gasteiger partial charge in [-0.1, -0.05) is 12.1 Å². The van der Waals surface area contributed by atoms with Crippen molar-refractivity contribution in [2.75, 3.05) is 13.2 Å². The minimum absolute atomic E-state index is 0. The van der Waals surface area contributed by atoms with Crippen LogP contribution in [0.25, 0.3) is 0 Å². The molecule has 86 valence electrons. The molecule has 0 amide bonds. The molecule has 0 unspecified atom stereocenters. The van der Waals surface area contributed by atoms with Gasteiger partial charge in [-0.25, -0.2) is 0 Å². The third-order valence-electron chi connectivity index (χ3n) is 2.04. The minimum atomic E-state index is -0.111. The first kappa shape index (κ1) is 14.2. The standard InChI is InChI=1S/C11H17NO2.ClH/c1-2-14-10-5-3-4-9(8-10)11(12)6-7-13;/h3-5,8,11,13H,2,6-7,12H2,1H3;1H/t11-;/m1./s1. The van der Waals surface area contributed by atoms with Gasteiger partial charge in [-0.15, -0.1) is 12.4 Å². The zero-order valence-electron chi connectivity index (χ0n) is 8.85. The van der Waals surface area contributed by atoms with E-state index in [-0.39, 0.29) is 25.1 Å². The van der Waals surface area contributed by atoms with Crippen molar-refractivity contribution in [3.63, 3.8) is 0 Å². The van der Waals surface area contributed by atoms with Crippen LogP contribution >= 0.6 is 12.4 Å². The van der Waals surface area contributed by atoms with Crippen LogP contribution in [0.15, 0.2) is 24.3 Å². The van der Waals surface area contributed by atoms with E-state index in [4.69, 9.17) is 15.6 Å². The number of benzene rings is 1. The van der Waals surface area contributed by atoms with Crippen molar-refractivity contribution < 1.29 is 9.84 Å². The van der Waals surface area contributed by atoms with Crippen LogP contribution in [0.3, 0.4) is 0 Å². The molecule has 0 radical (unpaired) electrons. The van der Waals surface area contributed by atoms with Crippen LogP contribution < -0.4 is 10.5 Å². The molecule has 0 spiro atoms. The molecule has 0 bridgehead atoms. The molecule has 4 heteroatoms. The lowest BCUT2D eigenvalue weighted by molar-refractivity contribution is 0.276. The van der Waals surface area contributed by atoms with Crippen LogP contribution in [0.5, 0.6) is 5.75 Å². The highest BCUT2D eigenvalue weighted by atomic mass is 35.5. The van der Waals surface area contributed by atoms with Crippen LogP contribution in [0, 0.1) is 0 Å². The van der Waals surface area contributed by atoms with Crippen molar-refractivity contribution >= 4 is 12.4 Å². The minimum Gasteiger partial charge on any atom is -0.494 e. The molecule has 0 aliphatic rings. The molecule has 0 aliphatic carbocycles. The molecule has 0 fully saturated rings. The van der Waals surface area contributed by atoms with Gasteiger partial charge >= 0.3 is 0 Å². The maximum atomic E-state index is 8.76. The molecule has 3 N–H and O–H groups in total. The van der Waals surface area contributed by atoms with Gasteiger partial charge in [0.1, 0.15) is 5.75 Å². The molecule has 3 nitrogen and oxygen atoms in total. The Labute approximate surface area is 96.7 Å². The third-order valence-corrected chi connectivity index (χ3v) is 2.04. The summed E-state index contributed by atoms with van der Waals surface area (Å²) in [6.07, 6.45) is 0.579. The fraction of sp³-hybridized carbons (Fsp3) is 0.455. The Hall–Kier alpha value is -0.770. The highest BCUT2D eigenvalue weighted by Crippen LogP contribution is 2.19. The number of aliphatic hydroxyl groups is 1. The van der Waals surface area contributed by atoms with Gasteiger partial charge in [0.05, 0.1) is 6.61 Å². The van der Waals surface area contributed by atoms with Gasteiger partial charge in [-0.3, -0.25) is 0 Å². The van der Waals surface area contributed by atoms with E-state index in [1.165, 1.54) is 0 Å². The van der Waals surface area contributed by atoms with Gasteiger partial charge in [0.25, 0.3) is 0 Å². The predicted octanol–water partition coefficient (Wildman–Crippen LogP) is 1.89. The lowest BCUT2D eigenvalue weighted by atomic mass is 10.1. The molecular weight excluding hydrogens is 214 g/mol. The molecule has 1 aromatic carbocycles. The average molecular weight is 232 g/mol. The molecule has 0 saturated carbocycles. The maximum Gasteiger partial charge on any atom is 0.119 e. The Morgan fingerprint density at radius 2 is 2.20 bits per heavy atom. The van der Waals surface area contributed by atoms with Crippen molar-refractivity contribution in [1.29, 1.82) is 0 Å². The summed E-state index contributed by atoms with van der Waals surface area (Å²) in [7, 11) is 0. The largest absolute Gasteiger partial charge is 0.494 e. The average Bonchev–Trinajstić information content (AvgIpc) is 2.19. The Bertz CT molecular complexity index is 281. The first-order chi connectivity index (χ1) is 6.77. The fourth-order valence-corrected chi connectivity index (χ4v) is 1.31. The molecular formula is C11H18ClNO2. The summed E-state index contributed by atoms with van der Waals surface area (Å²) in [5, 5.41) is 8.76. The SMILES string of the molecule is CCOc1cccc([C@H](N)CCO)c1.Cl. The molecule has 1 atom stereocenters. The Morgan fingerprint density at radius 3 is 2.80 bits per heavy atom. The summed E-state index contributed by atoms with van der Waals surface area (Å²) in [5.74, 6) is 0.832. The van der Waals surface area contributed by atoms with E-state index in [2.05, 4.69) is 0 Å². The van der Waals surface area contributed by atoms with E-state index in [9.17, 15) is 0 Å². The zero-order valence-corrected chi connectivity index (χ0v) is 9.67. The normalized spacial score (nSPS) is 11.7. The summed E-state index contributed by atoms with van der Waals surface area (Å²) in [6, 6.07) is 7.57. The van der Waals surface area contributed by atoms with Crippen LogP contribution in [0.4, 0.5) is 0 Å². The number of hydrogen-bond donors (Lipinski definition) is 2. The Morgan fingerprint density at radius 1 is 1.47 bits per heavy atom. The summed E-state index contributed by atoms with van der Waals surface area (Å²) in [5.41, 5.74) is 6.86. The second-order valence-electron chi connectivity index (χ2n) is 3.12. The second kappa shape index (κ2) is 7.51. The fourth-order valence-electron chi connectivity index (χ4n) is 1.31. The molecule has 0 heterocycles. The Balaban J connectivity index is 0.00000196. The van der Waals surface area contributed by atoms with Gasteiger partial charge in [-0.2, -0.15) is 0 Å². The third kappa shape index (κ3) is 4.51. The molecule has 0 aromatic heterocycles. The monoisotopic (exact) mass is 231 g/mol. The van der Waals surface area contributed by atoms with Crippen LogP contribution in [-0.4, -0.2) is 18.3 Å². The lowest BCUT2D eigenvalue weighted by Gasteiger charge is -2.11. The van der Waals surface area contributed by atoms with E-state index in [0.717, 1.165) is 11.3 Å². The quantitative estimate of drug-likeness (QED) is 0.814. The summed E-state index contributed by atoms with van der Waals surface area (Å²) in [4.78, 5) is 0. The summed E-state index contributed by atoms with van der Waals surface area (Å²) >= 11 is 0. The molecule has 0 aliphatic heterocycles. The van der Waals surface area contributed by atoms with Gasteiger partial charge < -0.3 is 15.6 Å². The van der Waals surface area contributed by atoms with Crippen molar-refractivity contribution in [3.05, 3.63) is 29.8 Å². The summed E-state index contributed by atoms with van der Waals surface area (Å²) in [6.45, 7) is 2.71. The highest BCUT2D eigenvalue weighted by Gasteiger charge is 2.05. The van der Waals surface area contributed by atoms with E-state index in [0.29, 0.717) is 13.0 Å². The number of halogens is 1.